The average molecular weight is 309 g/mol. The second-order valence-electron chi connectivity index (χ2n) is 5.14. The number of hydrazone groups is 1. The summed E-state index contributed by atoms with van der Waals surface area (Å²) < 4.78 is 25.2. The van der Waals surface area contributed by atoms with Crippen LogP contribution in [0.5, 0.6) is 0 Å². The van der Waals surface area contributed by atoms with Crippen molar-refractivity contribution < 1.29 is 13.2 Å². The van der Waals surface area contributed by atoms with Crippen molar-refractivity contribution in [3.05, 3.63) is 29.8 Å². The van der Waals surface area contributed by atoms with Gasteiger partial charge in [-0.05, 0) is 43.9 Å². The monoisotopic (exact) mass is 309 g/mol. The Hall–Kier alpha value is -1.73. The number of carbonyl (C=O) groups is 1. The first-order valence-electron chi connectivity index (χ1n) is 6.79. The predicted molar refractivity (Wildman–Crippen MR) is 80.7 cm³/mol. The maximum Gasteiger partial charge on any atom is 0.271 e. The second-order valence-corrected chi connectivity index (χ2v) is 7.29. The van der Waals surface area contributed by atoms with Crippen LogP contribution < -0.4 is 5.43 Å². The summed E-state index contributed by atoms with van der Waals surface area (Å²) in [6, 6.07) is 5.95. The minimum atomic E-state index is -3.55. The molecule has 0 spiro atoms. The second kappa shape index (κ2) is 6.36. The highest BCUT2D eigenvalue weighted by Gasteiger charge is 2.18. The normalized spacial score (nSPS) is 15.3. The average Bonchev–Trinajstić information content (AvgIpc) is 2.98. The number of carbonyl (C=O) groups excluding carboxylic acids is 1. The quantitative estimate of drug-likeness (QED) is 0.858. The number of sulfonamides is 1. The molecule has 2 rings (SSSR count). The molecule has 1 aromatic rings. The summed E-state index contributed by atoms with van der Waals surface area (Å²) in [6.07, 6.45) is 4.03. The zero-order chi connectivity index (χ0) is 15.5. The minimum Gasteiger partial charge on any atom is -0.267 e. The van der Waals surface area contributed by atoms with E-state index in [0.29, 0.717) is 0 Å². The number of nitrogens with one attached hydrogen (secondary N) is 1. The van der Waals surface area contributed by atoms with Gasteiger partial charge in [0.05, 0.1) is 4.90 Å². The van der Waals surface area contributed by atoms with E-state index in [2.05, 4.69) is 10.5 Å². The van der Waals surface area contributed by atoms with E-state index in [-0.39, 0.29) is 10.5 Å². The molecule has 21 heavy (non-hydrogen) atoms. The van der Waals surface area contributed by atoms with Crippen LogP contribution in [-0.2, 0) is 10.0 Å². The molecule has 7 heteroatoms. The van der Waals surface area contributed by atoms with E-state index in [1.165, 1.54) is 26.2 Å². The highest BCUT2D eigenvalue weighted by Crippen LogP contribution is 2.16. The van der Waals surface area contributed by atoms with Crippen LogP contribution in [0.15, 0.2) is 34.3 Å². The van der Waals surface area contributed by atoms with Gasteiger partial charge in [-0.1, -0.05) is 6.07 Å². The molecule has 114 valence electrons. The molecule has 1 amide bonds. The van der Waals surface area contributed by atoms with E-state index in [0.717, 1.165) is 35.7 Å². The van der Waals surface area contributed by atoms with E-state index in [1.54, 1.807) is 12.1 Å². The molecule has 0 aromatic heterocycles. The standard InChI is InChI=1S/C14H19N3O3S/c1-17(2)21(19,20)13-9-5-6-11(10-13)14(18)16-15-12-7-3-4-8-12/h5-6,9-10H,3-4,7-8H2,1-2H3,(H,16,18). The summed E-state index contributed by atoms with van der Waals surface area (Å²) in [5.41, 5.74) is 3.75. The van der Waals surface area contributed by atoms with E-state index >= 15 is 0 Å². The maximum atomic E-state index is 12.0. The summed E-state index contributed by atoms with van der Waals surface area (Å²) in [5, 5.41) is 4.08. The van der Waals surface area contributed by atoms with Gasteiger partial charge >= 0.3 is 0 Å². The topological polar surface area (TPSA) is 78.8 Å². The van der Waals surface area contributed by atoms with Crippen molar-refractivity contribution in [3.8, 4) is 0 Å². The minimum absolute atomic E-state index is 0.0914. The Morgan fingerprint density at radius 3 is 2.52 bits per heavy atom. The maximum absolute atomic E-state index is 12.0. The van der Waals surface area contributed by atoms with E-state index in [1.807, 2.05) is 0 Å². The Morgan fingerprint density at radius 1 is 1.24 bits per heavy atom. The number of benzene rings is 1. The van der Waals surface area contributed by atoms with Crippen LogP contribution in [0.3, 0.4) is 0 Å². The molecule has 1 aliphatic rings. The number of nitrogens with zero attached hydrogens (tertiary/aromatic N) is 2. The van der Waals surface area contributed by atoms with Crippen molar-refractivity contribution >= 4 is 21.6 Å². The third kappa shape index (κ3) is 3.68. The fraction of sp³-hybridized carbons (Fsp3) is 0.429. The van der Waals surface area contributed by atoms with Crippen LogP contribution in [0, 0.1) is 0 Å². The first-order chi connectivity index (χ1) is 9.91. The van der Waals surface area contributed by atoms with Crippen molar-refractivity contribution in [1.82, 2.24) is 9.73 Å². The SMILES string of the molecule is CN(C)S(=O)(=O)c1cccc(C(=O)NN=C2CCCC2)c1. The largest absolute Gasteiger partial charge is 0.271 e. The zero-order valence-corrected chi connectivity index (χ0v) is 13.0. The van der Waals surface area contributed by atoms with Crippen LogP contribution in [0.25, 0.3) is 0 Å². The first-order valence-corrected chi connectivity index (χ1v) is 8.23. The van der Waals surface area contributed by atoms with Crippen molar-refractivity contribution in [2.24, 2.45) is 5.10 Å². The molecule has 1 aliphatic carbocycles. The fourth-order valence-electron chi connectivity index (χ4n) is 2.10. The molecule has 0 saturated heterocycles. The summed E-state index contributed by atoms with van der Waals surface area (Å²) in [4.78, 5) is 12.1. The first kappa shape index (κ1) is 15.7. The zero-order valence-electron chi connectivity index (χ0n) is 12.2. The Labute approximate surface area is 124 Å². The lowest BCUT2D eigenvalue weighted by Gasteiger charge is -2.11. The molecule has 1 aromatic carbocycles. The smallest absolute Gasteiger partial charge is 0.267 e. The third-order valence-electron chi connectivity index (χ3n) is 3.37. The highest BCUT2D eigenvalue weighted by atomic mass is 32.2. The number of amides is 1. The van der Waals surface area contributed by atoms with Crippen molar-refractivity contribution in [2.75, 3.05) is 14.1 Å². The fourth-order valence-corrected chi connectivity index (χ4v) is 3.05. The van der Waals surface area contributed by atoms with E-state index in [4.69, 9.17) is 0 Å². The van der Waals surface area contributed by atoms with E-state index < -0.39 is 15.9 Å². The Bertz CT molecular complexity index is 658. The predicted octanol–water partition coefficient (Wildman–Crippen LogP) is 1.60. The summed E-state index contributed by atoms with van der Waals surface area (Å²) in [6.45, 7) is 0. The lowest BCUT2D eigenvalue weighted by molar-refractivity contribution is 0.0954. The van der Waals surface area contributed by atoms with Crippen LogP contribution in [-0.4, -0.2) is 38.4 Å². The molecule has 0 heterocycles. The number of rotatable bonds is 4. The van der Waals surface area contributed by atoms with Crippen LogP contribution in [0.4, 0.5) is 0 Å². The van der Waals surface area contributed by atoms with Crippen LogP contribution in [0.1, 0.15) is 36.0 Å². The highest BCUT2D eigenvalue weighted by molar-refractivity contribution is 7.89. The van der Waals surface area contributed by atoms with Crippen molar-refractivity contribution in [2.45, 2.75) is 30.6 Å². The van der Waals surface area contributed by atoms with Gasteiger partial charge in [0.1, 0.15) is 0 Å². The number of hydrogen-bond donors (Lipinski definition) is 1. The summed E-state index contributed by atoms with van der Waals surface area (Å²) in [5.74, 6) is -0.398. The third-order valence-corrected chi connectivity index (χ3v) is 5.18. The Kier molecular flexibility index (Phi) is 4.74. The molecule has 6 nitrogen and oxygen atoms in total. The lowest BCUT2D eigenvalue weighted by atomic mass is 10.2. The molecule has 1 saturated carbocycles. The Balaban J connectivity index is 2.17. The van der Waals surface area contributed by atoms with Gasteiger partial charge < -0.3 is 0 Å². The molecule has 0 radical (unpaired) electrons. The molecule has 0 atom stereocenters. The van der Waals surface area contributed by atoms with E-state index in [9.17, 15) is 13.2 Å². The van der Waals surface area contributed by atoms with Gasteiger partial charge in [-0.25, -0.2) is 18.1 Å². The molecule has 0 unspecified atom stereocenters. The van der Waals surface area contributed by atoms with Crippen molar-refractivity contribution in [3.63, 3.8) is 0 Å². The lowest BCUT2D eigenvalue weighted by Crippen LogP contribution is -2.23. The van der Waals surface area contributed by atoms with Gasteiger partial charge in [0.15, 0.2) is 0 Å². The molecule has 0 aliphatic heterocycles. The molecular weight excluding hydrogens is 290 g/mol. The summed E-state index contributed by atoms with van der Waals surface area (Å²) in [7, 11) is -0.641. The molecule has 1 N–H and O–H groups in total. The Morgan fingerprint density at radius 2 is 1.90 bits per heavy atom. The van der Waals surface area contributed by atoms with Gasteiger partial charge in [-0.2, -0.15) is 5.10 Å². The van der Waals surface area contributed by atoms with Gasteiger partial charge in [-0.15, -0.1) is 0 Å². The summed E-state index contributed by atoms with van der Waals surface area (Å²) >= 11 is 0. The molecule has 0 bridgehead atoms. The van der Waals surface area contributed by atoms with Crippen molar-refractivity contribution in [1.29, 1.82) is 0 Å². The van der Waals surface area contributed by atoms with Gasteiger partial charge in [0.2, 0.25) is 10.0 Å². The van der Waals surface area contributed by atoms with Gasteiger partial charge in [0.25, 0.3) is 5.91 Å². The molecule has 1 fully saturated rings. The van der Waals surface area contributed by atoms with Crippen LogP contribution in [0.2, 0.25) is 0 Å². The van der Waals surface area contributed by atoms with Gasteiger partial charge in [-0.3, -0.25) is 4.79 Å². The molecular formula is C14H19N3O3S. The number of hydrogen-bond acceptors (Lipinski definition) is 4. The van der Waals surface area contributed by atoms with Gasteiger partial charge in [0, 0.05) is 25.4 Å². The van der Waals surface area contributed by atoms with Crippen LogP contribution >= 0.6 is 0 Å².